The molecule has 0 aliphatic heterocycles. The Morgan fingerprint density at radius 3 is 2.45 bits per heavy atom. The van der Waals surface area contributed by atoms with Crippen LogP contribution in [0.5, 0.6) is 0 Å². The van der Waals surface area contributed by atoms with E-state index in [1.54, 1.807) is 12.1 Å². The lowest BCUT2D eigenvalue weighted by molar-refractivity contribution is 0.536. The van der Waals surface area contributed by atoms with Gasteiger partial charge in [0.2, 0.25) is 0 Å². The highest BCUT2D eigenvalue weighted by Crippen LogP contribution is 2.23. The minimum atomic E-state index is -2.17. The Morgan fingerprint density at radius 2 is 2.00 bits per heavy atom. The molecule has 11 heavy (non-hydrogen) atoms. The third-order valence-corrected chi connectivity index (χ3v) is 3.20. The molecule has 0 aliphatic rings. The van der Waals surface area contributed by atoms with Gasteiger partial charge in [0.15, 0.2) is 0 Å². The summed E-state index contributed by atoms with van der Waals surface area (Å²) in [6.07, 6.45) is 0. The second-order valence-corrected chi connectivity index (χ2v) is 4.49. The highest BCUT2D eigenvalue weighted by molar-refractivity contribution is 9.11. The van der Waals surface area contributed by atoms with Crippen LogP contribution >= 0.6 is 31.9 Å². The van der Waals surface area contributed by atoms with Crippen molar-refractivity contribution in [2.24, 2.45) is 0 Å². The van der Waals surface area contributed by atoms with Crippen LogP contribution in [0.4, 0.5) is 0 Å². The summed E-state index contributed by atoms with van der Waals surface area (Å²) in [7, 11) is 0. The highest BCUT2D eigenvalue weighted by Gasteiger charge is 1.99. The maximum absolute atomic E-state index is 10.5. The van der Waals surface area contributed by atoms with Gasteiger partial charge >= 0.3 is 0 Å². The topological polar surface area (TPSA) is 40.1 Å². The monoisotopic (exact) mass is 297 g/mol. The van der Waals surface area contributed by atoms with Crippen molar-refractivity contribution < 1.29 is 8.76 Å². The Balaban J connectivity index is 3.20. The first-order valence-corrected chi connectivity index (χ1v) is 5.31. The average molecular weight is 299 g/mol. The van der Waals surface area contributed by atoms with Crippen molar-refractivity contribution in [2.45, 2.75) is 4.90 Å². The summed E-state index contributed by atoms with van der Waals surface area (Å²) in [5.74, 6) is 0. The van der Waals surface area contributed by atoms with Crippen LogP contribution in [0.1, 0.15) is 0 Å². The number of halogens is 2. The number of hydrogen-bond acceptors (Lipinski definition) is 2. The van der Waals surface area contributed by atoms with Crippen LogP contribution in [-0.2, 0) is 11.1 Å². The Morgan fingerprint density at radius 1 is 1.36 bits per heavy atom. The molecule has 0 bridgehead atoms. The Kier molecular flexibility index (Phi) is 3.24. The molecule has 0 aromatic heterocycles. The van der Waals surface area contributed by atoms with Crippen LogP contribution in [0.25, 0.3) is 0 Å². The lowest BCUT2D eigenvalue weighted by Gasteiger charge is -2.06. The Labute approximate surface area is 83.5 Å². The van der Waals surface area contributed by atoms with Gasteiger partial charge in [0.05, 0.1) is 0 Å². The normalized spacial score (nSPS) is 13.0. The molecule has 0 amide bonds. The Hall–Kier alpha value is 0.290. The van der Waals surface area contributed by atoms with E-state index in [4.69, 9.17) is 0 Å². The molecule has 2 nitrogen and oxygen atoms in total. The first-order chi connectivity index (χ1) is 5.11. The summed E-state index contributed by atoms with van der Waals surface area (Å²) in [4.78, 5) is 0.271. The fraction of sp³-hybridized carbons (Fsp3) is 0. The molecular formula is C6H3Br2O2S-. The molecule has 1 atom stereocenters. The van der Waals surface area contributed by atoms with Crippen LogP contribution in [0, 0.1) is 0 Å². The standard InChI is InChI=1S/C6H4Br2O2S/c7-4-1-2-6(11(9)10)5(8)3-4/h1-3H,(H,9,10)/p-1. The lowest BCUT2D eigenvalue weighted by Crippen LogP contribution is -1.89. The van der Waals surface area contributed by atoms with Gasteiger partial charge in [-0.15, -0.1) is 0 Å². The summed E-state index contributed by atoms with van der Waals surface area (Å²) in [6, 6.07) is 4.89. The predicted molar refractivity (Wildman–Crippen MR) is 49.0 cm³/mol. The van der Waals surface area contributed by atoms with Gasteiger partial charge in [-0.3, -0.25) is 4.21 Å². The maximum atomic E-state index is 10.5. The maximum Gasteiger partial charge on any atom is 0.0391 e. The number of benzene rings is 1. The molecule has 1 aromatic rings. The molecule has 0 fully saturated rings. The third kappa shape index (κ3) is 2.37. The first kappa shape index (κ1) is 9.38. The van der Waals surface area contributed by atoms with Crippen molar-refractivity contribution >= 4 is 42.9 Å². The van der Waals surface area contributed by atoms with Gasteiger partial charge in [0, 0.05) is 13.8 Å². The van der Waals surface area contributed by atoms with Gasteiger partial charge < -0.3 is 4.55 Å². The second-order valence-electron chi connectivity index (χ2n) is 1.81. The number of hydrogen-bond donors (Lipinski definition) is 0. The fourth-order valence-corrected chi connectivity index (χ4v) is 2.45. The van der Waals surface area contributed by atoms with E-state index >= 15 is 0 Å². The molecule has 60 valence electrons. The van der Waals surface area contributed by atoms with Crippen molar-refractivity contribution in [2.75, 3.05) is 0 Å². The fourth-order valence-electron chi connectivity index (χ4n) is 0.610. The molecular weight excluding hydrogens is 296 g/mol. The second kappa shape index (κ2) is 3.80. The SMILES string of the molecule is O=S([O-])c1ccc(Br)cc1Br. The van der Waals surface area contributed by atoms with Gasteiger partial charge in [-0.2, -0.15) is 0 Å². The molecule has 0 heterocycles. The Bertz CT molecular complexity index is 301. The average Bonchev–Trinajstić information content (AvgIpc) is 1.85. The first-order valence-electron chi connectivity index (χ1n) is 2.65. The molecule has 0 spiro atoms. The van der Waals surface area contributed by atoms with E-state index in [0.717, 1.165) is 4.47 Å². The smallest absolute Gasteiger partial charge is 0.0391 e. The molecule has 1 aromatic carbocycles. The molecule has 0 saturated heterocycles. The van der Waals surface area contributed by atoms with Crippen LogP contribution in [-0.4, -0.2) is 8.76 Å². The van der Waals surface area contributed by atoms with E-state index in [2.05, 4.69) is 31.9 Å². The quantitative estimate of drug-likeness (QED) is 0.747. The third-order valence-electron chi connectivity index (χ3n) is 1.07. The van der Waals surface area contributed by atoms with Crippen LogP contribution < -0.4 is 0 Å². The van der Waals surface area contributed by atoms with E-state index < -0.39 is 11.1 Å². The van der Waals surface area contributed by atoms with Gasteiger partial charge in [-0.25, -0.2) is 0 Å². The summed E-state index contributed by atoms with van der Waals surface area (Å²) in [6.45, 7) is 0. The van der Waals surface area contributed by atoms with Gasteiger partial charge in [0.25, 0.3) is 0 Å². The summed E-state index contributed by atoms with van der Waals surface area (Å²) in [5.41, 5.74) is 0. The summed E-state index contributed by atoms with van der Waals surface area (Å²) < 4.78 is 22.4. The van der Waals surface area contributed by atoms with E-state index in [0.29, 0.717) is 4.47 Å². The van der Waals surface area contributed by atoms with Crippen LogP contribution in [0.2, 0.25) is 0 Å². The van der Waals surface area contributed by atoms with Crippen molar-refractivity contribution in [1.82, 2.24) is 0 Å². The van der Waals surface area contributed by atoms with Gasteiger partial charge in [-0.05, 0) is 45.2 Å². The van der Waals surface area contributed by atoms with Crippen LogP contribution in [0.15, 0.2) is 32.0 Å². The van der Waals surface area contributed by atoms with Crippen LogP contribution in [0.3, 0.4) is 0 Å². The van der Waals surface area contributed by atoms with Crippen molar-refractivity contribution in [3.63, 3.8) is 0 Å². The molecule has 0 aliphatic carbocycles. The van der Waals surface area contributed by atoms with E-state index in [1.165, 1.54) is 6.07 Å². The van der Waals surface area contributed by atoms with Gasteiger partial charge in [0.1, 0.15) is 0 Å². The highest BCUT2D eigenvalue weighted by atomic mass is 79.9. The molecule has 0 N–H and O–H groups in total. The van der Waals surface area contributed by atoms with E-state index in [1.807, 2.05) is 0 Å². The van der Waals surface area contributed by atoms with Crippen molar-refractivity contribution in [3.8, 4) is 0 Å². The summed E-state index contributed by atoms with van der Waals surface area (Å²) in [5, 5.41) is 0. The minimum absolute atomic E-state index is 0.271. The zero-order valence-electron chi connectivity index (χ0n) is 5.21. The van der Waals surface area contributed by atoms with Gasteiger partial charge in [-0.1, -0.05) is 15.9 Å². The molecule has 1 rings (SSSR count). The molecule has 5 heteroatoms. The largest absolute Gasteiger partial charge is 0.768 e. The van der Waals surface area contributed by atoms with Crippen molar-refractivity contribution in [1.29, 1.82) is 0 Å². The van der Waals surface area contributed by atoms with E-state index in [-0.39, 0.29) is 4.90 Å². The minimum Gasteiger partial charge on any atom is -0.768 e. The molecule has 1 unspecified atom stereocenters. The van der Waals surface area contributed by atoms with E-state index in [9.17, 15) is 8.76 Å². The van der Waals surface area contributed by atoms with Crippen molar-refractivity contribution in [3.05, 3.63) is 27.1 Å². The number of rotatable bonds is 1. The molecule has 0 radical (unpaired) electrons. The zero-order chi connectivity index (χ0) is 8.43. The lowest BCUT2D eigenvalue weighted by atomic mass is 10.4. The predicted octanol–water partition coefficient (Wildman–Crippen LogP) is 2.45. The summed E-state index contributed by atoms with van der Waals surface area (Å²) >= 11 is 4.17. The molecule has 0 saturated carbocycles. The zero-order valence-corrected chi connectivity index (χ0v) is 9.20.